The van der Waals surface area contributed by atoms with Crippen molar-refractivity contribution in [3.63, 3.8) is 0 Å². The lowest BCUT2D eigenvalue weighted by atomic mass is 9.92. The summed E-state index contributed by atoms with van der Waals surface area (Å²) in [4.78, 5) is 13.9. The zero-order chi connectivity index (χ0) is 26.4. The molecule has 0 fully saturated rings. The molecule has 9 heteroatoms. The van der Waals surface area contributed by atoms with E-state index in [1.165, 1.54) is 7.11 Å². The average molecular weight is 523 g/mol. The lowest BCUT2D eigenvalue weighted by molar-refractivity contribution is 0.0600. The number of ether oxygens (including phenoxy) is 5. The van der Waals surface area contributed by atoms with Gasteiger partial charge in [0.1, 0.15) is 18.1 Å². The van der Waals surface area contributed by atoms with Crippen molar-refractivity contribution < 1.29 is 28.5 Å². The molecule has 0 saturated heterocycles. The number of thiocarbonyl (C=S) groups is 1. The molecule has 1 aliphatic heterocycles. The van der Waals surface area contributed by atoms with Gasteiger partial charge in [-0.15, -0.1) is 0 Å². The molecule has 8 nitrogen and oxygen atoms in total. The summed E-state index contributed by atoms with van der Waals surface area (Å²) in [6.45, 7) is 1.01. The third-order valence-electron chi connectivity index (χ3n) is 6.27. The van der Waals surface area contributed by atoms with Gasteiger partial charge < -0.3 is 33.9 Å². The Balaban J connectivity index is 1.61. The van der Waals surface area contributed by atoms with Gasteiger partial charge in [0.05, 0.1) is 40.0 Å². The van der Waals surface area contributed by atoms with E-state index in [2.05, 4.69) is 10.2 Å². The molecule has 37 heavy (non-hydrogen) atoms. The monoisotopic (exact) mass is 522 g/mol. The van der Waals surface area contributed by atoms with Crippen molar-refractivity contribution in [2.75, 3.05) is 46.9 Å². The SMILES string of the molecule is COC(=O)c1ccc(OC[C@@H]2c3cc(OC)c(OC)cc3CCN2C(=S)Nc2cccc(OC)c2)cc1. The van der Waals surface area contributed by atoms with Gasteiger partial charge in [-0.05, 0) is 78.3 Å². The number of nitrogens with zero attached hydrogens (tertiary/aromatic N) is 1. The highest BCUT2D eigenvalue weighted by molar-refractivity contribution is 7.80. The maximum atomic E-state index is 11.8. The molecule has 0 spiro atoms. The molecule has 0 aromatic heterocycles. The van der Waals surface area contributed by atoms with Crippen LogP contribution in [0.15, 0.2) is 60.7 Å². The van der Waals surface area contributed by atoms with Crippen LogP contribution in [0, 0.1) is 0 Å². The summed E-state index contributed by atoms with van der Waals surface area (Å²) in [6.07, 6.45) is 0.778. The molecule has 0 amide bonds. The second-order valence-electron chi connectivity index (χ2n) is 8.35. The van der Waals surface area contributed by atoms with Crippen molar-refractivity contribution in [3.05, 3.63) is 77.4 Å². The Bertz CT molecular complexity index is 1260. The number of nitrogens with one attached hydrogen (secondary N) is 1. The van der Waals surface area contributed by atoms with E-state index in [0.29, 0.717) is 41.1 Å². The molecule has 3 aromatic rings. The molecule has 0 unspecified atom stereocenters. The Morgan fingerprint density at radius 2 is 1.68 bits per heavy atom. The Kier molecular flexibility index (Phi) is 8.35. The number of fused-ring (bicyclic) bond motifs is 1. The zero-order valence-electron chi connectivity index (χ0n) is 21.3. The lowest BCUT2D eigenvalue weighted by Crippen LogP contribution is -2.44. The van der Waals surface area contributed by atoms with Crippen molar-refractivity contribution in [2.45, 2.75) is 12.5 Å². The number of hydrogen-bond acceptors (Lipinski definition) is 7. The first-order valence-electron chi connectivity index (χ1n) is 11.7. The first kappa shape index (κ1) is 26.1. The summed E-state index contributed by atoms with van der Waals surface area (Å²) in [7, 11) is 6.23. The van der Waals surface area contributed by atoms with Gasteiger partial charge in [-0.1, -0.05) is 6.07 Å². The molecule has 1 atom stereocenters. The lowest BCUT2D eigenvalue weighted by Gasteiger charge is -2.39. The van der Waals surface area contributed by atoms with Gasteiger partial charge in [-0.2, -0.15) is 0 Å². The third-order valence-corrected chi connectivity index (χ3v) is 6.60. The summed E-state index contributed by atoms with van der Waals surface area (Å²) in [5.74, 6) is 2.30. The molecular weight excluding hydrogens is 492 g/mol. The fourth-order valence-electron chi connectivity index (χ4n) is 4.33. The highest BCUT2D eigenvalue weighted by Gasteiger charge is 2.31. The van der Waals surface area contributed by atoms with Crippen LogP contribution in [-0.4, -0.2) is 57.6 Å². The van der Waals surface area contributed by atoms with E-state index >= 15 is 0 Å². The predicted molar refractivity (Wildman–Crippen MR) is 145 cm³/mol. The number of anilines is 1. The molecule has 0 bridgehead atoms. The predicted octanol–water partition coefficient (Wildman–Crippen LogP) is 4.87. The van der Waals surface area contributed by atoms with Gasteiger partial charge >= 0.3 is 5.97 Å². The Labute approximate surface area is 222 Å². The number of esters is 1. The van der Waals surface area contributed by atoms with Crippen molar-refractivity contribution >= 4 is 29.0 Å². The van der Waals surface area contributed by atoms with E-state index in [4.69, 9.17) is 35.9 Å². The largest absolute Gasteiger partial charge is 0.497 e. The fraction of sp³-hybridized carbons (Fsp3) is 0.286. The van der Waals surface area contributed by atoms with Crippen molar-refractivity contribution in [1.82, 2.24) is 4.90 Å². The average Bonchev–Trinajstić information content (AvgIpc) is 2.94. The molecule has 194 valence electrons. The van der Waals surface area contributed by atoms with Crippen LogP contribution in [0.5, 0.6) is 23.0 Å². The van der Waals surface area contributed by atoms with Gasteiger partial charge in [0.25, 0.3) is 0 Å². The zero-order valence-corrected chi connectivity index (χ0v) is 22.1. The summed E-state index contributed by atoms with van der Waals surface area (Å²) >= 11 is 5.85. The second kappa shape index (κ2) is 11.8. The number of carbonyl (C=O) groups is 1. The van der Waals surface area contributed by atoms with Crippen molar-refractivity contribution in [2.24, 2.45) is 0 Å². The quantitative estimate of drug-likeness (QED) is 0.329. The van der Waals surface area contributed by atoms with Gasteiger partial charge in [0.2, 0.25) is 0 Å². The molecule has 0 radical (unpaired) electrons. The fourth-order valence-corrected chi connectivity index (χ4v) is 4.66. The number of carbonyl (C=O) groups excluding carboxylic acids is 1. The molecule has 4 rings (SSSR count). The van der Waals surface area contributed by atoms with Crippen LogP contribution in [0.25, 0.3) is 0 Å². The van der Waals surface area contributed by atoms with Crippen LogP contribution in [-0.2, 0) is 11.2 Å². The van der Waals surface area contributed by atoms with E-state index in [1.54, 1.807) is 45.6 Å². The number of rotatable bonds is 8. The van der Waals surface area contributed by atoms with Gasteiger partial charge in [-0.25, -0.2) is 4.79 Å². The maximum absolute atomic E-state index is 11.8. The Hall–Kier alpha value is -3.98. The standard InChI is InChI=1S/C28H30N2O6S/c1-32-22-7-5-6-20(15-22)29-28(37)30-13-12-19-14-25(33-2)26(34-3)16-23(19)24(30)17-36-21-10-8-18(9-11-21)27(31)35-4/h5-11,14-16,24H,12-13,17H2,1-4H3,(H,29,37)/t24-/m1/s1. The number of hydrogen-bond donors (Lipinski definition) is 1. The van der Waals surface area contributed by atoms with Crippen molar-refractivity contribution in [1.29, 1.82) is 0 Å². The summed E-state index contributed by atoms with van der Waals surface area (Å²) in [5.41, 5.74) is 3.48. The van der Waals surface area contributed by atoms with E-state index in [9.17, 15) is 4.79 Å². The van der Waals surface area contributed by atoms with Crippen molar-refractivity contribution in [3.8, 4) is 23.0 Å². The topological polar surface area (TPSA) is 78.5 Å². The van der Waals surface area contributed by atoms with Crippen LogP contribution >= 0.6 is 12.2 Å². The molecule has 1 N–H and O–H groups in total. The number of methoxy groups -OCH3 is 4. The minimum atomic E-state index is -0.394. The molecule has 0 aliphatic carbocycles. The van der Waals surface area contributed by atoms with Gasteiger partial charge in [0.15, 0.2) is 16.6 Å². The minimum Gasteiger partial charge on any atom is -0.497 e. The van der Waals surface area contributed by atoms with Gasteiger partial charge in [-0.3, -0.25) is 0 Å². The summed E-state index contributed by atoms with van der Waals surface area (Å²) in [5, 5.41) is 3.91. The first-order valence-corrected chi connectivity index (χ1v) is 12.2. The van der Waals surface area contributed by atoms with E-state index in [-0.39, 0.29) is 6.04 Å². The maximum Gasteiger partial charge on any atom is 0.337 e. The summed E-state index contributed by atoms with van der Waals surface area (Å²) in [6, 6.07) is 18.3. The van der Waals surface area contributed by atoms with Gasteiger partial charge in [0, 0.05) is 18.3 Å². The highest BCUT2D eigenvalue weighted by atomic mass is 32.1. The van der Waals surface area contributed by atoms with E-state index in [1.807, 2.05) is 36.4 Å². The summed E-state index contributed by atoms with van der Waals surface area (Å²) < 4.78 is 27.4. The minimum absolute atomic E-state index is 0.200. The number of benzene rings is 3. The smallest absolute Gasteiger partial charge is 0.337 e. The molecular formula is C28H30N2O6S. The molecule has 1 aliphatic rings. The Morgan fingerprint density at radius 3 is 2.35 bits per heavy atom. The first-order chi connectivity index (χ1) is 18.0. The normalized spacial score (nSPS) is 14.3. The van der Waals surface area contributed by atoms with Crippen LogP contribution in [0.1, 0.15) is 27.5 Å². The molecule has 0 saturated carbocycles. The Morgan fingerprint density at radius 1 is 0.946 bits per heavy atom. The second-order valence-corrected chi connectivity index (χ2v) is 8.74. The van der Waals surface area contributed by atoms with Crippen LogP contribution in [0.3, 0.4) is 0 Å². The van der Waals surface area contributed by atoms with E-state index in [0.717, 1.165) is 29.0 Å². The third kappa shape index (κ3) is 5.89. The highest BCUT2D eigenvalue weighted by Crippen LogP contribution is 2.39. The van der Waals surface area contributed by atoms with E-state index < -0.39 is 5.97 Å². The van der Waals surface area contributed by atoms with Crippen LogP contribution < -0.4 is 24.3 Å². The molecule has 1 heterocycles. The molecule has 3 aromatic carbocycles. The van der Waals surface area contributed by atoms with Crippen LogP contribution in [0.4, 0.5) is 5.69 Å². The van der Waals surface area contributed by atoms with Crippen LogP contribution in [0.2, 0.25) is 0 Å².